The molecule has 0 bridgehead atoms. The highest BCUT2D eigenvalue weighted by Crippen LogP contribution is 2.10. The van der Waals surface area contributed by atoms with E-state index in [2.05, 4.69) is 22.7 Å². The number of pyridine rings is 1. The molecule has 1 aromatic rings. The zero-order chi connectivity index (χ0) is 14.3. The zero-order valence-corrected chi connectivity index (χ0v) is 12.0. The van der Waals surface area contributed by atoms with Crippen LogP contribution < -0.4 is 16.6 Å². The number of nitrogens with two attached hydrogens (primary N) is 1. The number of anilines is 1. The summed E-state index contributed by atoms with van der Waals surface area (Å²) in [6.45, 7) is 6.04. The highest BCUT2D eigenvalue weighted by atomic mass is 16.1. The van der Waals surface area contributed by atoms with Crippen LogP contribution in [-0.2, 0) is 0 Å². The van der Waals surface area contributed by atoms with E-state index in [0.29, 0.717) is 11.4 Å². The summed E-state index contributed by atoms with van der Waals surface area (Å²) in [4.78, 5) is 16.3. The number of rotatable bonds is 7. The fourth-order valence-corrected chi connectivity index (χ4v) is 1.95. The summed E-state index contributed by atoms with van der Waals surface area (Å²) in [7, 11) is 0. The lowest BCUT2D eigenvalue weighted by Gasteiger charge is -2.14. The number of nitrogens with one attached hydrogen (secondary N) is 2. The van der Waals surface area contributed by atoms with E-state index in [4.69, 9.17) is 5.84 Å². The standard InChI is InChI=1S/C14H24N4O/c1-4-5-6-7-10(2)17-14(19)12-8-11(3)16-13(9-12)18-15/h8-10H,4-7,15H2,1-3H3,(H,16,18)(H,17,19). The van der Waals surface area contributed by atoms with Gasteiger partial charge in [-0.2, -0.15) is 0 Å². The minimum atomic E-state index is -0.0778. The largest absolute Gasteiger partial charge is 0.350 e. The van der Waals surface area contributed by atoms with Crippen LogP contribution in [0.5, 0.6) is 0 Å². The van der Waals surface area contributed by atoms with Gasteiger partial charge in [-0.3, -0.25) is 4.79 Å². The summed E-state index contributed by atoms with van der Waals surface area (Å²) in [5.41, 5.74) is 3.82. The van der Waals surface area contributed by atoms with Crippen molar-refractivity contribution in [1.29, 1.82) is 0 Å². The van der Waals surface area contributed by atoms with Crippen molar-refractivity contribution in [3.63, 3.8) is 0 Å². The first kappa shape index (κ1) is 15.4. The van der Waals surface area contributed by atoms with E-state index in [0.717, 1.165) is 18.5 Å². The Labute approximate surface area is 115 Å². The zero-order valence-electron chi connectivity index (χ0n) is 12.0. The van der Waals surface area contributed by atoms with Crippen molar-refractivity contribution < 1.29 is 4.79 Å². The number of nitrogen functional groups attached to an aromatic ring is 1. The number of nitrogens with zero attached hydrogens (tertiary/aromatic N) is 1. The van der Waals surface area contributed by atoms with Crippen LogP contribution in [0.1, 0.15) is 55.6 Å². The predicted molar refractivity (Wildman–Crippen MR) is 77.9 cm³/mol. The van der Waals surface area contributed by atoms with Crippen LogP contribution in [0.15, 0.2) is 12.1 Å². The molecule has 5 nitrogen and oxygen atoms in total. The molecule has 1 heterocycles. The molecule has 0 spiro atoms. The van der Waals surface area contributed by atoms with E-state index in [-0.39, 0.29) is 11.9 Å². The third kappa shape index (κ3) is 5.26. The molecule has 1 unspecified atom stereocenters. The third-order valence-electron chi connectivity index (χ3n) is 2.98. The van der Waals surface area contributed by atoms with E-state index in [1.54, 1.807) is 12.1 Å². The van der Waals surface area contributed by atoms with E-state index in [1.165, 1.54) is 12.8 Å². The number of aromatic nitrogens is 1. The summed E-state index contributed by atoms with van der Waals surface area (Å²) in [6, 6.07) is 3.59. The average Bonchev–Trinajstić information content (AvgIpc) is 2.38. The van der Waals surface area contributed by atoms with Gasteiger partial charge in [-0.05, 0) is 32.4 Å². The van der Waals surface area contributed by atoms with Gasteiger partial charge in [0.05, 0.1) is 0 Å². The molecular weight excluding hydrogens is 240 g/mol. The molecule has 1 amide bonds. The number of hydrogen-bond donors (Lipinski definition) is 3. The molecule has 0 aliphatic carbocycles. The lowest BCUT2D eigenvalue weighted by atomic mass is 10.1. The molecule has 0 aromatic carbocycles. The second-order valence-electron chi connectivity index (χ2n) is 4.90. The van der Waals surface area contributed by atoms with Crippen LogP contribution in [0.2, 0.25) is 0 Å². The third-order valence-corrected chi connectivity index (χ3v) is 2.98. The molecule has 1 aromatic heterocycles. The van der Waals surface area contributed by atoms with Gasteiger partial charge < -0.3 is 10.7 Å². The predicted octanol–water partition coefficient (Wildman–Crippen LogP) is 2.37. The first-order valence-electron chi connectivity index (χ1n) is 6.83. The number of unbranched alkanes of at least 4 members (excludes halogenated alkanes) is 2. The molecule has 1 rings (SSSR count). The molecule has 0 saturated carbocycles. The minimum Gasteiger partial charge on any atom is -0.350 e. The number of carbonyl (C=O) groups excluding carboxylic acids is 1. The van der Waals surface area contributed by atoms with Gasteiger partial charge in [-0.15, -0.1) is 0 Å². The normalized spacial score (nSPS) is 12.0. The monoisotopic (exact) mass is 264 g/mol. The first-order valence-corrected chi connectivity index (χ1v) is 6.83. The van der Waals surface area contributed by atoms with Gasteiger partial charge in [0.15, 0.2) is 0 Å². The van der Waals surface area contributed by atoms with Gasteiger partial charge >= 0.3 is 0 Å². The van der Waals surface area contributed by atoms with Gasteiger partial charge in [-0.25, -0.2) is 10.8 Å². The Balaban J connectivity index is 2.59. The molecule has 1 atom stereocenters. The van der Waals surface area contributed by atoms with Crippen molar-refractivity contribution in [2.24, 2.45) is 5.84 Å². The Hall–Kier alpha value is -1.62. The number of amides is 1. The topological polar surface area (TPSA) is 80.0 Å². The van der Waals surface area contributed by atoms with Crippen molar-refractivity contribution in [2.45, 2.75) is 52.5 Å². The Morgan fingerprint density at radius 1 is 1.42 bits per heavy atom. The van der Waals surface area contributed by atoms with Crippen LogP contribution >= 0.6 is 0 Å². The van der Waals surface area contributed by atoms with Crippen LogP contribution in [0.25, 0.3) is 0 Å². The van der Waals surface area contributed by atoms with Gasteiger partial charge in [-0.1, -0.05) is 26.2 Å². The first-order chi connectivity index (χ1) is 9.06. The van der Waals surface area contributed by atoms with Crippen molar-refractivity contribution in [2.75, 3.05) is 5.43 Å². The molecule has 0 aliphatic rings. The molecule has 4 N–H and O–H groups in total. The average molecular weight is 264 g/mol. The maximum atomic E-state index is 12.1. The fraction of sp³-hybridized carbons (Fsp3) is 0.571. The quantitative estimate of drug-likeness (QED) is 0.401. The Bertz CT molecular complexity index is 420. The molecule has 106 valence electrons. The summed E-state index contributed by atoms with van der Waals surface area (Å²) < 4.78 is 0. The maximum Gasteiger partial charge on any atom is 0.251 e. The van der Waals surface area contributed by atoms with Crippen LogP contribution in [0.4, 0.5) is 5.82 Å². The summed E-state index contributed by atoms with van der Waals surface area (Å²) >= 11 is 0. The molecule has 0 aliphatic heterocycles. The molecular formula is C14H24N4O. The Morgan fingerprint density at radius 3 is 2.79 bits per heavy atom. The molecule has 5 heteroatoms. The highest BCUT2D eigenvalue weighted by Gasteiger charge is 2.11. The lowest BCUT2D eigenvalue weighted by molar-refractivity contribution is 0.0937. The van der Waals surface area contributed by atoms with Crippen molar-refractivity contribution >= 4 is 11.7 Å². The van der Waals surface area contributed by atoms with Crippen molar-refractivity contribution in [1.82, 2.24) is 10.3 Å². The molecule has 19 heavy (non-hydrogen) atoms. The smallest absolute Gasteiger partial charge is 0.251 e. The second-order valence-corrected chi connectivity index (χ2v) is 4.90. The second kappa shape index (κ2) is 7.74. The van der Waals surface area contributed by atoms with Crippen molar-refractivity contribution in [3.8, 4) is 0 Å². The van der Waals surface area contributed by atoms with Crippen LogP contribution in [-0.4, -0.2) is 16.9 Å². The molecule has 0 saturated heterocycles. The van der Waals surface area contributed by atoms with Crippen LogP contribution in [0.3, 0.4) is 0 Å². The van der Waals surface area contributed by atoms with Gasteiger partial charge in [0.25, 0.3) is 5.91 Å². The number of carbonyl (C=O) groups is 1. The van der Waals surface area contributed by atoms with Crippen LogP contribution in [0, 0.1) is 6.92 Å². The van der Waals surface area contributed by atoms with Crippen molar-refractivity contribution in [3.05, 3.63) is 23.4 Å². The van der Waals surface area contributed by atoms with E-state index < -0.39 is 0 Å². The summed E-state index contributed by atoms with van der Waals surface area (Å²) in [5, 5.41) is 3.00. The summed E-state index contributed by atoms with van der Waals surface area (Å²) in [6.07, 6.45) is 4.54. The molecule has 0 fully saturated rings. The minimum absolute atomic E-state index is 0.0778. The maximum absolute atomic E-state index is 12.1. The summed E-state index contributed by atoms with van der Waals surface area (Å²) in [5.74, 6) is 5.75. The van der Waals surface area contributed by atoms with Gasteiger partial charge in [0, 0.05) is 17.3 Å². The number of hydrogen-bond acceptors (Lipinski definition) is 4. The fourth-order valence-electron chi connectivity index (χ4n) is 1.95. The van der Waals surface area contributed by atoms with Gasteiger partial charge in [0.1, 0.15) is 5.82 Å². The number of hydrazine groups is 1. The highest BCUT2D eigenvalue weighted by molar-refractivity contribution is 5.95. The van der Waals surface area contributed by atoms with E-state index in [9.17, 15) is 4.79 Å². The SMILES string of the molecule is CCCCCC(C)NC(=O)c1cc(C)nc(NN)c1. The van der Waals surface area contributed by atoms with E-state index in [1.807, 2.05) is 13.8 Å². The lowest BCUT2D eigenvalue weighted by Crippen LogP contribution is -2.32. The molecule has 0 radical (unpaired) electrons. The van der Waals surface area contributed by atoms with Gasteiger partial charge in [0.2, 0.25) is 0 Å². The van der Waals surface area contributed by atoms with E-state index >= 15 is 0 Å². The number of aryl methyl sites for hydroxylation is 1. The Kier molecular flexibility index (Phi) is 6.29. The Morgan fingerprint density at radius 2 is 2.16 bits per heavy atom.